The summed E-state index contributed by atoms with van der Waals surface area (Å²) in [5, 5.41) is 9.29. The predicted molar refractivity (Wildman–Crippen MR) is 30.7 cm³/mol. The molecule has 0 aromatic heterocycles. The van der Waals surface area contributed by atoms with Gasteiger partial charge in [-0.2, -0.15) is 0 Å². The van der Waals surface area contributed by atoms with E-state index in [1.165, 1.54) is 0 Å². The number of hydrogen-bond donors (Lipinski definition) is 1. The monoisotopic (exact) mass is 130 g/mol. The van der Waals surface area contributed by atoms with Crippen molar-refractivity contribution in [2.24, 2.45) is 5.92 Å². The second-order valence-corrected chi connectivity index (χ2v) is 2.69. The molecule has 3 nitrogen and oxygen atoms in total. The van der Waals surface area contributed by atoms with E-state index in [4.69, 9.17) is 0 Å². The van der Waals surface area contributed by atoms with E-state index >= 15 is 0 Å². The molecule has 9 heavy (non-hydrogen) atoms. The summed E-state index contributed by atoms with van der Waals surface area (Å²) in [5.74, 6) is -0.683. The third-order valence-corrected chi connectivity index (χ3v) is 1.79. The molecule has 52 valence electrons. The highest BCUT2D eigenvalue weighted by atomic mass is 16.6. The van der Waals surface area contributed by atoms with Crippen LogP contribution in [0.3, 0.4) is 0 Å². The van der Waals surface area contributed by atoms with Crippen LogP contribution in [0.4, 0.5) is 0 Å². The van der Waals surface area contributed by atoms with Crippen LogP contribution in [0.1, 0.15) is 13.8 Å². The van der Waals surface area contributed by atoms with E-state index in [1.54, 1.807) is 13.8 Å². The van der Waals surface area contributed by atoms with Gasteiger partial charge in [0, 0.05) is 0 Å². The Bertz CT molecular complexity index is 139. The summed E-state index contributed by atoms with van der Waals surface area (Å²) >= 11 is 0. The van der Waals surface area contributed by atoms with Gasteiger partial charge in [-0.3, -0.25) is 4.79 Å². The number of rotatable bonds is 0. The number of ether oxygens (including phenoxy) is 1. The third-order valence-electron chi connectivity index (χ3n) is 1.79. The van der Waals surface area contributed by atoms with Crippen molar-refractivity contribution in [3.8, 4) is 0 Å². The Hall–Kier alpha value is -0.570. The Labute approximate surface area is 53.6 Å². The molecule has 1 aliphatic rings. The predicted octanol–water partition coefficient (Wildman–Crippen LogP) is -0.0697. The molecule has 0 saturated carbocycles. The fraction of sp³-hybridized carbons (Fsp3) is 0.833. The van der Waals surface area contributed by atoms with Gasteiger partial charge in [-0.15, -0.1) is 0 Å². The molecule has 1 rings (SSSR count). The summed E-state index contributed by atoms with van der Waals surface area (Å²) in [6, 6.07) is 0. The van der Waals surface area contributed by atoms with Crippen molar-refractivity contribution in [1.82, 2.24) is 0 Å². The normalized spacial score (nSPS) is 43.0. The van der Waals surface area contributed by atoms with E-state index in [9.17, 15) is 9.90 Å². The van der Waals surface area contributed by atoms with Gasteiger partial charge >= 0.3 is 5.97 Å². The molecule has 0 unspecified atom stereocenters. The van der Waals surface area contributed by atoms with Crippen LogP contribution in [0.2, 0.25) is 0 Å². The van der Waals surface area contributed by atoms with Crippen molar-refractivity contribution >= 4 is 5.97 Å². The van der Waals surface area contributed by atoms with Crippen molar-refractivity contribution < 1.29 is 14.6 Å². The second-order valence-electron chi connectivity index (χ2n) is 2.69. The zero-order valence-corrected chi connectivity index (χ0v) is 5.55. The SMILES string of the molecule is C[C@@H]1C(=O)OC[C@]1(C)O. The molecular weight excluding hydrogens is 120 g/mol. The summed E-state index contributed by atoms with van der Waals surface area (Å²) in [6.07, 6.45) is 0. The van der Waals surface area contributed by atoms with Gasteiger partial charge < -0.3 is 9.84 Å². The van der Waals surface area contributed by atoms with Crippen LogP contribution in [-0.4, -0.2) is 23.3 Å². The lowest BCUT2D eigenvalue weighted by Crippen LogP contribution is -2.32. The number of aliphatic hydroxyl groups is 1. The molecule has 1 aliphatic heterocycles. The lowest BCUT2D eigenvalue weighted by Gasteiger charge is -2.15. The molecule has 0 amide bonds. The smallest absolute Gasteiger partial charge is 0.311 e. The lowest BCUT2D eigenvalue weighted by atomic mass is 9.95. The van der Waals surface area contributed by atoms with Crippen LogP contribution in [-0.2, 0) is 9.53 Å². The van der Waals surface area contributed by atoms with Crippen LogP contribution < -0.4 is 0 Å². The summed E-state index contributed by atoms with van der Waals surface area (Å²) in [4.78, 5) is 10.6. The number of carbonyl (C=O) groups is 1. The largest absolute Gasteiger partial charge is 0.462 e. The molecule has 0 bridgehead atoms. The maximum atomic E-state index is 10.6. The molecule has 1 saturated heterocycles. The summed E-state index contributed by atoms with van der Waals surface area (Å²) in [6.45, 7) is 3.39. The van der Waals surface area contributed by atoms with Gasteiger partial charge in [0.15, 0.2) is 0 Å². The highest BCUT2D eigenvalue weighted by Gasteiger charge is 2.42. The Balaban J connectivity index is 2.73. The van der Waals surface area contributed by atoms with Gasteiger partial charge in [0.05, 0.1) is 5.92 Å². The first-order valence-corrected chi connectivity index (χ1v) is 2.93. The number of hydrogen-bond acceptors (Lipinski definition) is 3. The molecule has 0 spiro atoms. The van der Waals surface area contributed by atoms with Gasteiger partial charge in [0.25, 0.3) is 0 Å². The van der Waals surface area contributed by atoms with Gasteiger partial charge in [-0.05, 0) is 13.8 Å². The maximum absolute atomic E-state index is 10.6. The van der Waals surface area contributed by atoms with Crippen LogP contribution in [0, 0.1) is 5.92 Å². The van der Waals surface area contributed by atoms with Crippen molar-refractivity contribution in [1.29, 1.82) is 0 Å². The number of cyclic esters (lactones) is 1. The molecule has 0 radical (unpaired) electrons. The summed E-state index contributed by atoms with van der Waals surface area (Å²) in [5.41, 5.74) is -0.947. The molecule has 3 heteroatoms. The zero-order chi connectivity index (χ0) is 7.07. The Morgan fingerprint density at radius 2 is 2.44 bits per heavy atom. The number of esters is 1. The quantitative estimate of drug-likeness (QED) is 0.467. The van der Waals surface area contributed by atoms with Crippen LogP contribution in [0.15, 0.2) is 0 Å². The number of carbonyl (C=O) groups excluding carboxylic acids is 1. The van der Waals surface area contributed by atoms with E-state index in [-0.39, 0.29) is 18.5 Å². The molecule has 1 N–H and O–H groups in total. The molecule has 0 aliphatic carbocycles. The molecule has 1 heterocycles. The Morgan fingerprint density at radius 3 is 2.56 bits per heavy atom. The van der Waals surface area contributed by atoms with E-state index in [0.717, 1.165) is 0 Å². The molecule has 0 aromatic rings. The van der Waals surface area contributed by atoms with Crippen molar-refractivity contribution in [2.75, 3.05) is 6.61 Å². The van der Waals surface area contributed by atoms with Crippen LogP contribution in [0.25, 0.3) is 0 Å². The van der Waals surface area contributed by atoms with Crippen molar-refractivity contribution in [3.63, 3.8) is 0 Å². The van der Waals surface area contributed by atoms with Gasteiger partial charge in [-0.1, -0.05) is 0 Å². The highest BCUT2D eigenvalue weighted by Crippen LogP contribution is 2.24. The summed E-state index contributed by atoms with van der Waals surface area (Å²) < 4.78 is 4.59. The zero-order valence-electron chi connectivity index (χ0n) is 5.55. The van der Waals surface area contributed by atoms with Crippen molar-refractivity contribution in [2.45, 2.75) is 19.4 Å². The van der Waals surface area contributed by atoms with Gasteiger partial charge in [0.2, 0.25) is 0 Å². The van der Waals surface area contributed by atoms with Gasteiger partial charge in [0.1, 0.15) is 12.2 Å². The minimum atomic E-state index is -0.947. The molecular formula is C6H10O3. The van der Waals surface area contributed by atoms with Crippen molar-refractivity contribution in [3.05, 3.63) is 0 Å². The van der Waals surface area contributed by atoms with Gasteiger partial charge in [-0.25, -0.2) is 0 Å². The minimum Gasteiger partial charge on any atom is -0.462 e. The highest BCUT2D eigenvalue weighted by molar-refractivity contribution is 5.75. The van der Waals surface area contributed by atoms with Crippen LogP contribution in [0.5, 0.6) is 0 Å². The molecule has 0 aromatic carbocycles. The molecule has 2 atom stereocenters. The average Bonchev–Trinajstić information content (AvgIpc) is 1.97. The topological polar surface area (TPSA) is 46.5 Å². The Morgan fingerprint density at radius 1 is 1.89 bits per heavy atom. The first kappa shape index (κ1) is 6.55. The third kappa shape index (κ3) is 0.920. The minimum absolute atomic E-state index is 0.132. The van der Waals surface area contributed by atoms with E-state index < -0.39 is 5.60 Å². The second kappa shape index (κ2) is 1.70. The van der Waals surface area contributed by atoms with E-state index in [0.29, 0.717) is 0 Å². The Kier molecular flexibility index (Phi) is 1.24. The fourth-order valence-corrected chi connectivity index (χ4v) is 0.721. The fourth-order valence-electron chi connectivity index (χ4n) is 0.721. The summed E-state index contributed by atoms with van der Waals surface area (Å²) in [7, 11) is 0. The lowest BCUT2D eigenvalue weighted by molar-refractivity contribution is -0.140. The van der Waals surface area contributed by atoms with E-state index in [1.807, 2.05) is 0 Å². The first-order valence-electron chi connectivity index (χ1n) is 2.93. The average molecular weight is 130 g/mol. The molecule has 1 fully saturated rings. The maximum Gasteiger partial charge on any atom is 0.311 e. The standard InChI is InChI=1S/C6H10O3/c1-4-5(7)9-3-6(4,2)8/h4,8H,3H2,1-2H3/t4-,6+/m1/s1. The van der Waals surface area contributed by atoms with E-state index in [2.05, 4.69) is 4.74 Å². The first-order chi connectivity index (χ1) is 4.04. The van der Waals surface area contributed by atoms with Crippen LogP contribution >= 0.6 is 0 Å².